The summed E-state index contributed by atoms with van der Waals surface area (Å²) >= 11 is 0. The Hall–Kier alpha value is -2.94. The number of aromatic nitrogens is 1. The van der Waals surface area contributed by atoms with Gasteiger partial charge in [-0.3, -0.25) is 0 Å². The Morgan fingerprint density at radius 3 is 2.89 bits per heavy atom. The highest BCUT2D eigenvalue weighted by atomic mass is 19.1. The molecule has 0 saturated carbocycles. The summed E-state index contributed by atoms with van der Waals surface area (Å²) in [5.41, 5.74) is -0.310. The molecule has 1 aromatic carbocycles. The van der Waals surface area contributed by atoms with Crippen LogP contribution in [0.1, 0.15) is 15.9 Å². The first-order chi connectivity index (χ1) is 9.11. The molecular weight excluding hydrogens is 251 g/mol. The van der Waals surface area contributed by atoms with E-state index < -0.39 is 11.8 Å². The zero-order valence-electron chi connectivity index (χ0n) is 9.50. The lowest BCUT2D eigenvalue weighted by Gasteiger charge is -2.07. The highest BCUT2D eigenvalue weighted by Crippen LogP contribution is 2.24. The number of halogens is 1. The number of nitriles is 1. The normalized spacial score (nSPS) is 9.68. The Kier molecular flexibility index (Phi) is 3.39. The van der Waals surface area contributed by atoms with Gasteiger partial charge in [0.15, 0.2) is 0 Å². The molecule has 0 aliphatic heterocycles. The smallest absolute Gasteiger partial charge is 0.341 e. The number of pyridine rings is 1. The Morgan fingerprint density at radius 1 is 1.42 bits per heavy atom. The second kappa shape index (κ2) is 5.14. The summed E-state index contributed by atoms with van der Waals surface area (Å²) in [7, 11) is 0. The molecule has 0 spiro atoms. The molecule has 0 saturated heterocycles. The quantitative estimate of drug-likeness (QED) is 0.914. The van der Waals surface area contributed by atoms with Crippen molar-refractivity contribution in [3.05, 3.63) is 53.5 Å². The molecule has 0 radical (unpaired) electrons. The van der Waals surface area contributed by atoms with E-state index in [0.29, 0.717) is 0 Å². The first-order valence-electron chi connectivity index (χ1n) is 5.17. The van der Waals surface area contributed by atoms with Crippen molar-refractivity contribution in [3.63, 3.8) is 0 Å². The third-order valence-corrected chi connectivity index (χ3v) is 2.27. The minimum absolute atomic E-state index is 0.120. The number of aromatic carboxylic acids is 1. The van der Waals surface area contributed by atoms with Crippen LogP contribution in [0, 0.1) is 17.1 Å². The number of carboxylic acids is 1. The van der Waals surface area contributed by atoms with Crippen LogP contribution in [-0.2, 0) is 0 Å². The molecule has 0 amide bonds. The van der Waals surface area contributed by atoms with Crippen LogP contribution in [0.4, 0.5) is 4.39 Å². The van der Waals surface area contributed by atoms with Gasteiger partial charge in [0.1, 0.15) is 23.2 Å². The summed E-state index contributed by atoms with van der Waals surface area (Å²) in [4.78, 5) is 14.8. The van der Waals surface area contributed by atoms with Crippen molar-refractivity contribution in [1.29, 1.82) is 5.26 Å². The van der Waals surface area contributed by atoms with Gasteiger partial charge >= 0.3 is 5.97 Å². The minimum atomic E-state index is -1.19. The topological polar surface area (TPSA) is 83.2 Å². The van der Waals surface area contributed by atoms with Crippen LogP contribution in [0.15, 0.2) is 36.5 Å². The molecule has 0 fully saturated rings. The third kappa shape index (κ3) is 2.66. The summed E-state index contributed by atoms with van der Waals surface area (Å²) in [6.45, 7) is 0. The van der Waals surface area contributed by atoms with Crippen molar-refractivity contribution in [2.24, 2.45) is 0 Å². The van der Waals surface area contributed by atoms with Gasteiger partial charge in [0.05, 0.1) is 5.56 Å². The second-order valence-electron chi connectivity index (χ2n) is 3.52. The van der Waals surface area contributed by atoms with Crippen LogP contribution in [0.5, 0.6) is 11.6 Å². The highest BCUT2D eigenvalue weighted by Gasteiger charge is 2.13. The number of ether oxygens (including phenoxy) is 1. The van der Waals surface area contributed by atoms with Crippen molar-refractivity contribution < 1.29 is 19.0 Å². The summed E-state index contributed by atoms with van der Waals surface area (Å²) < 4.78 is 18.4. The van der Waals surface area contributed by atoms with Gasteiger partial charge in [-0.25, -0.2) is 14.2 Å². The van der Waals surface area contributed by atoms with Crippen LogP contribution in [0.25, 0.3) is 0 Å². The fourth-order valence-electron chi connectivity index (χ4n) is 1.40. The van der Waals surface area contributed by atoms with Crippen molar-refractivity contribution in [2.45, 2.75) is 0 Å². The number of hydrogen-bond acceptors (Lipinski definition) is 4. The lowest BCUT2D eigenvalue weighted by Crippen LogP contribution is -2.01. The summed E-state index contributed by atoms with van der Waals surface area (Å²) in [6, 6.07) is 7.99. The van der Waals surface area contributed by atoms with Crippen molar-refractivity contribution >= 4 is 5.97 Å². The lowest BCUT2D eigenvalue weighted by atomic mass is 10.2. The van der Waals surface area contributed by atoms with Gasteiger partial charge in [-0.2, -0.15) is 5.26 Å². The molecular formula is C13H7FN2O3. The van der Waals surface area contributed by atoms with E-state index in [-0.39, 0.29) is 22.8 Å². The Bertz CT molecular complexity index is 680. The average molecular weight is 258 g/mol. The van der Waals surface area contributed by atoms with Crippen LogP contribution in [-0.4, -0.2) is 16.1 Å². The SMILES string of the molecule is N#Cc1cc(Oc2ncccc2C(=O)O)ccc1F. The molecule has 6 heteroatoms. The van der Waals surface area contributed by atoms with Crippen LogP contribution in [0.3, 0.4) is 0 Å². The van der Waals surface area contributed by atoms with Gasteiger partial charge in [0.2, 0.25) is 5.88 Å². The summed E-state index contributed by atoms with van der Waals surface area (Å²) in [6.07, 6.45) is 1.37. The largest absolute Gasteiger partial charge is 0.477 e. The van der Waals surface area contributed by atoms with Crippen molar-refractivity contribution in [3.8, 4) is 17.7 Å². The van der Waals surface area contributed by atoms with Crippen LogP contribution < -0.4 is 4.74 Å². The predicted octanol–water partition coefficient (Wildman–Crippen LogP) is 2.58. The first kappa shape index (κ1) is 12.5. The van der Waals surface area contributed by atoms with E-state index in [4.69, 9.17) is 15.1 Å². The zero-order valence-corrected chi connectivity index (χ0v) is 9.50. The molecule has 19 heavy (non-hydrogen) atoms. The van der Waals surface area contributed by atoms with Gasteiger partial charge in [0, 0.05) is 12.3 Å². The molecule has 5 nitrogen and oxygen atoms in total. The molecule has 0 aliphatic rings. The monoisotopic (exact) mass is 258 g/mol. The molecule has 1 heterocycles. The van der Waals surface area contributed by atoms with E-state index >= 15 is 0 Å². The number of hydrogen-bond donors (Lipinski definition) is 1. The summed E-state index contributed by atoms with van der Waals surface area (Å²) in [5.74, 6) is -1.84. The number of rotatable bonds is 3. The Balaban J connectivity index is 2.37. The van der Waals surface area contributed by atoms with Crippen molar-refractivity contribution in [1.82, 2.24) is 4.98 Å². The molecule has 94 valence electrons. The average Bonchev–Trinajstić information content (AvgIpc) is 2.41. The van der Waals surface area contributed by atoms with Gasteiger partial charge in [0.25, 0.3) is 0 Å². The van der Waals surface area contributed by atoms with E-state index in [1.807, 2.05) is 0 Å². The molecule has 1 aromatic heterocycles. The van der Waals surface area contributed by atoms with Gasteiger partial charge in [-0.05, 0) is 24.3 Å². The first-order valence-corrected chi connectivity index (χ1v) is 5.17. The number of benzene rings is 1. The molecule has 0 aliphatic carbocycles. The van der Waals surface area contributed by atoms with Crippen LogP contribution >= 0.6 is 0 Å². The Morgan fingerprint density at radius 2 is 2.21 bits per heavy atom. The molecule has 0 bridgehead atoms. The lowest BCUT2D eigenvalue weighted by molar-refractivity contribution is 0.0693. The molecule has 2 aromatic rings. The van der Waals surface area contributed by atoms with Crippen molar-refractivity contribution in [2.75, 3.05) is 0 Å². The van der Waals surface area contributed by atoms with Gasteiger partial charge in [-0.1, -0.05) is 0 Å². The second-order valence-corrected chi connectivity index (χ2v) is 3.52. The molecule has 0 atom stereocenters. The standard InChI is InChI=1S/C13H7FN2O3/c14-11-4-3-9(6-8(11)7-15)19-12-10(13(17)18)2-1-5-16-12/h1-6H,(H,17,18). The predicted molar refractivity (Wildman–Crippen MR) is 62.4 cm³/mol. The number of carbonyl (C=O) groups is 1. The van der Waals surface area contributed by atoms with E-state index in [0.717, 1.165) is 6.07 Å². The molecule has 1 N–H and O–H groups in total. The molecule has 0 unspecified atom stereocenters. The van der Waals surface area contributed by atoms with E-state index in [2.05, 4.69) is 4.98 Å². The summed E-state index contributed by atoms with van der Waals surface area (Å²) in [5, 5.41) is 17.7. The van der Waals surface area contributed by atoms with Crippen LogP contribution in [0.2, 0.25) is 0 Å². The van der Waals surface area contributed by atoms with E-state index in [1.54, 1.807) is 6.07 Å². The van der Waals surface area contributed by atoms with Gasteiger partial charge < -0.3 is 9.84 Å². The van der Waals surface area contributed by atoms with E-state index in [1.165, 1.54) is 30.5 Å². The maximum Gasteiger partial charge on any atom is 0.341 e. The van der Waals surface area contributed by atoms with E-state index in [9.17, 15) is 9.18 Å². The van der Waals surface area contributed by atoms with Gasteiger partial charge in [-0.15, -0.1) is 0 Å². The Labute approximate surface area is 107 Å². The minimum Gasteiger partial charge on any atom is -0.477 e. The fraction of sp³-hybridized carbons (Fsp3) is 0. The fourth-order valence-corrected chi connectivity index (χ4v) is 1.40. The number of nitrogens with zero attached hydrogens (tertiary/aromatic N) is 2. The maximum atomic E-state index is 13.1. The third-order valence-electron chi connectivity index (χ3n) is 2.27. The molecule has 2 rings (SSSR count). The number of carboxylic acid groups (broad SMARTS) is 1. The zero-order chi connectivity index (χ0) is 13.8. The maximum absolute atomic E-state index is 13.1. The highest BCUT2D eigenvalue weighted by molar-refractivity contribution is 5.90.